The fourth-order valence-electron chi connectivity index (χ4n) is 3.29. The highest BCUT2D eigenvalue weighted by Crippen LogP contribution is 2.34. The summed E-state index contributed by atoms with van der Waals surface area (Å²) in [6.07, 6.45) is 1.62. The minimum absolute atomic E-state index is 0.0123. The summed E-state index contributed by atoms with van der Waals surface area (Å²) in [6, 6.07) is 11.5. The number of halogens is 1. The summed E-state index contributed by atoms with van der Waals surface area (Å²) < 4.78 is 13.3. The summed E-state index contributed by atoms with van der Waals surface area (Å²) in [5, 5.41) is 9.48. The zero-order valence-corrected chi connectivity index (χ0v) is 18.9. The first-order chi connectivity index (χ1) is 15.1. The first-order valence-electron chi connectivity index (χ1n) is 10.0. The summed E-state index contributed by atoms with van der Waals surface area (Å²) in [4.78, 5) is 14.7. The molecular formula is C22H23ClN4O3S. The molecule has 2 aromatic carbocycles. The van der Waals surface area contributed by atoms with E-state index in [0.29, 0.717) is 36.5 Å². The molecule has 4 rings (SSSR count). The van der Waals surface area contributed by atoms with E-state index in [1.165, 1.54) is 11.8 Å². The van der Waals surface area contributed by atoms with Crippen molar-refractivity contribution < 1.29 is 14.3 Å². The molecule has 0 aliphatic carbocycles. The largest absolute Gasteiger partial charge is 0.486 e. The van der Waals surface area contributed by atoms with Crippen molar-refractivity contribution in [3.63, 3.8) is 0 Å². The number of fused-ring (bicyclic) bond motifs is 1. The molecule has 2 heterocycles. The third-order valence-corrected chi connectivity index (χ3v) is 6.35. The lowest BCUT2D eigenvalue weighted by Crippen LogP contribution is -2.32. The Labute approximate surface area is 190 Å². The van der Waals surface area contributed by atoms with Crippen molar-refractivity contribution in [3.05, 3.63) is 58.9 Å². The second kappa shape index (κ2) is 9.62. The molecule has 3 aromatic rings. The van der Waals surface area contributed by atoms with Crippen LogP contribution in [0.25, 0.3) is 5.69 Å². The number of rotatable bonds is 7. The van der Waals surface area contributed by atoms with Gasteiger partial charge in [-0.3, -0.25) is 9.36 Å². The van der Waals surface area contributed by atoms with Crippen molar-refractivity contribution in [2.45, 2.75) is 25.5 Å². The molecule has 0 N–H and O–H groups in total. The number of thioether (sulfide) groups is 1. The monoisotopic (exact) mass is 458 g/mol. The molecule has 1 amide bonds. The van der Waals surface area contributed by atoms with E-state index in [4.69, 9.17) is 21.1 Å². The van der Waals surface area contributed by atoms with Crippen LogP contribution in [0, 0.1) is 6.92 Å². The van der Waals surface area contributed by atoms with Gasteiger partial charge >= 0.3 is 0 Å². The van der Waals surface area contributed by atoms with Gasteiger partial charge in [-0.15, -0.1) is 10.2 Å². The number of hydrogen-bond donors (Lipinski definition) is 0. The summed E-state index contributed by atoms with van der Waals surface area (Å²) in [6.45, 7) is 6.01. The van der Waals surface area contributed by atoms with Crippen LogP contribution in [0.3, 0.4) is 0 Å². The molecule has 1 aromatic heterocycles. The molecule has 0 spiro atoms. The summed E-state index contributed by atoms with van der Waals surface area (Å²) >= 11 is 7.61. The molecule has 0 saturated carbocycles. The van der Waals surface area contributed by atoms with Gasteiger partial charge in [-0.2, -0.15) is 0 Å². The number of carbonyl (C=O) groups is 1. The zero-order valence-electron chi connectivity index (χ0n) is 17.4. The van der Waals surface area contributed by atoms with E-state index in [1.807, 2.05) is 54.8 Å². The predicted octanol–water partition coefficient (Wildman–Crippen LogP) is 4.14. The van der Waals surface area contributed by atoms with Gasteiger partial charge in [0, 0.05) is 23.7 Å². The highest BCUT2D eigenvalue weighted by molar-refractivity contribution is 7.99. The van der Waals surface area contributed by atoms with Crippen LogP contribution in [0.1, 0.15) is 18.1 Å². The number of ether oxygens (including phenoxy) is 2. The maximum atomic E-state index is 12.9. The lowest BCUT2D eigenvalue weighted by molar-refractivity contribution is -0.128. The van der Waals surface area contributed by atoms with Gasteiger partial charge in [0.05, 0.1) is 11.4 Å². The quantitative estimate of drug-likeness (QED) is 0.495. The van der Waals surface area contributed by atoms with Crippen LogP contribution < -0.4 is 9.47 Å². The predicted molar refractivity (Wildman–Crippen MR) is 120 cm³/mol. The van der Waals surface area contributed by atoms with E-state index in [2.05, 4.69) is 10.2 Å². The normalized spacial score (nSPS) is 12.6. The topological polar surface area (TPSA) is 69.5 Å². The Morgan fingerprint density at radius 2 is 2.10 bits per heavy atom. The van der Waals surface area contributed by atoms with Crippen LogP contribution >= 0.6 is 23.4 Å². The van der Waals surface area contributed by atoms with E-state index < -0.39 is 0 Å². The molecule has 31 heavy (non-hydrogen) atoms. The van der Waals surface area contributed by atoms with Gasteiger partial charge in [-0.25, -0.2) is 0 Å². The molecule has 162 valence electrons. The van der Waals surface area contributed by atoms with Crippen molar-refractivity contribution in [2.75, 3.05) is 25.5 Å². The molecule has 1 aliphatic heterocycles. The molecule has 9 heteroatoms. The van der Waals surface area contributed by atoms with Crippen molar-refractivity contribution in [1.29, 1.82) is 0 Å². The summed E-state index contributed by atoms with van der Waals surface area (Å²) in [7, 11) is 0. The lowest BCUT2D eigenvalue weighted by Gasteiger charge is -2.25. The third-order valence-electron chi connectivity index (χ3n) is 5.02. The van der Waals surface area contributed by atoms with Crippen molar-refractivity contribution in [2.24, 2.45) is 0 Å². The molecule has 0 saturated heterocycles. The van der Waals surface area contributed by atoms with Crippen molar-refractivity contribution in [3.8, 4) is 17.2 Å². The number of aromatic nitrogens is 3. The Balaban J connectivity index is 1.44. The molecule has 0 unspecified atom stereocenters. The zero-order chi connectivity index (χ0) is 21.8. The molecule has 0 bridgehead atoms. The number of carbonyl (C=O) groups excluding carboxylic acids is 1. The number of para-hydroxylation sites is 1. The van der Waals surface area contributed by atoms with E-state index in [1.54, 1.807) is 11.2 Å². The number of aryl methyl sites for hydroxylation is 1. The maximum Gasteiger partial charge on any atom is 0.233 e. The third kappa shape index (κ3) is 4.80. The van der Waals surface area contributed by atoms with Gasteiger partial charge in [0.2, 0.25) is 5.91 Å². The number of benzene rings is 2. The van der Waals surface area contributed by atoms with Crippen LogP contribution in [0.15, 0.2) is 47.9 Å². The van der Waals surface area contributed by atoms with Gasteiger partial charge < -0.3 is 14.4 Å². The second-order valence-electron chi connectivity index (χ2n) is 7.05. The Hall–Kier alpha value is -2.71. The highest BCUT2D eigenvalue weighted by Gasteiger charge is 2.20. The van der Waals surface area contributed by atoms with E-state index >= 15 is 0 Å². The van der Waals surface area contributed by atoms with Crippen LogP contribution in [0.5, 0.6) is 11.5 Å². The Kier molecular flexibility index (Phi) is 6.67. The highest BCUT2D eigenvalue weighted by atomic mass is 35.5. The minimum atomic E-state index is 0.0123. The van der Waals surface area contributed by atoms with E-state index in [-0.39, 0.29) is 11.7 Å². The molecular weight excluding hydrogens is 436 g/mol. The lowest BCUT2D eigenvalue weighted by atomic mass is 10.1. The van der Waals surface area contributed by atoms with Crippen molar-refractivity contribution >= 4 is 29.3 Å². The van der Waals surface area contributed by atoms with Gasteiger partial charge in [0.1, 0.15) is 19.5 Å². The van der Waals surface area contributed by atoms with Gasteiger partial charge in [0.15, 0.2) is 16.7 Å². The smallest absolute Gasteiger partial charge is 0.233 e. The van der Waals surface area contributed by atoms with Gasteiger partial charge in [-0.1, -0.05) is 41.6 Å². The Morgan fingerprint density at radius 3 is 2.90 bits per heavy atom. The van der Waals surface area contributed by atoms with E-state index in [0.717, 1.165) is 28.3 Å². The second-order valence-corrected chi connectivity index (χ2v) is 8.40. The number of hydrogen-bond acceptors (Lipinski definition) is 6. The van der Waals surface area contributed by atoms with Gasteiger partial charge in [-0.05, 0) is 37.6 Å². The first-order valence-corrected chi connectivity index (χ1v) is 11.4. The molecule has 0 radical (unpaired) electrons. The minimum Gasteiger partial charge on any atom is -0.486 e. The SMILES string of the molecule is CCN(Cc1cccc2c1OCCO2)C(=O)CSc1nncn1-c1ccc(C)c(Cl)c1. The summed E-state index contributed by atoms with van der Waals surface area (Å²) in [5.41, 5.74) is 2.80. The number of amides is 1. The number of nitrogens with zero attached hydrogens (tertiary/aromatic N) is 4. The van der Waals surface area contributed by atoms with Crippen molar-refractivity contribution in [1.82, 2.24) is 19.7 Å². The van der Waals surface area contributed by atoms with Crippen LogP contribution in [-0.2, 0) is 11.3 Å². The van der Waals surface area contributed by atoms with Gasteiger partial charge in [0.25, 0.3) is 0 Å². The van der Waals surface area contributed by atoms with Crippen LogP contribution in [-0.4, -0.2) is 51.1 Å². The molecule has 0 atom stereocenters. The van der Waals surface area contributed by atoms with Crippen LogP contribution in [0.2, 0.25) is 5.02 Å². The Morgan fingerprint density at radius 1 is 1.26 bits per heavy atom. The fraction of sp³-hybridized carbons (Fsp3) is 0.318. The first kappa shape index (κ1) is 21.5. The van der Waals surface area contributed by atoms with E-state index in [9.17, 15) is 4.79 Å². The Bertz CT molecular complexity index is 1090. The maximum absolute atomic E-state index is 12.9. The fourth-order valence-corrected chi connectivity index (χ4v) is 4.30. The standard InChI is InChI=1S/C22H23ClN4O3S/c1-3-26(12-16-5-4-6-19-21(16)30-10-9-29-19)20(28)13-31-22-25-24-14-27(22)17-8-7-15(2)18(23)11-17/h4-8,11,14H,3,9-10,12-13H2,1-2H3. The van der Waals surface area contributed by atoms with Crippen LogP contribution in [0.4, 0.5) is 0 Å². The molecule has 0 fully saturated rings. The molecule has 1 aliphatic rings. The summed E-state index contributed by atoms with van der Waals surface area (Å²) in [5.74, 6) is 1.71. The molecule has 7 nitrogen and oxygen atoms in total. The average molecular weight is 459 g/mol. The average Bonchev–Trinajstić information content (AvgIpc) is 3.26.